The Bertz CT molecular complexity index is 49.2. The molecule has 0 aromatic carbocycles. The molecule has 0 aromatic rings. The van der Waals surface area contributed by atoms with E-state index in [1.165, 1.54) is 25.7 Å². The van der Waals surface area contributed by atoms with E-state index in [2.05, 4.69) is 12.2 Å². The summed E-state index contributed by atoms with van der Waals surface area (Å²) in [5.41, 5.74) is 0. The lowest BCUT2D eigenvalue weighted by molar-refractivity contribution is 0.730. The molecule has 0 aromatic heterocycles. The third-order valence-corrected chi connectivity index (χ3v) is 1.16. The maximum atomic E-state index is 2.27. The topological polar surface area (TPSA) is 0 Å². The standard InChI is InChI=1S/C6H10.BrH/c1-2-4-6-5-3-1;/h1-2H,3-6H2;1H. The van der Waals surface area contributed by atoms with Crippen molar-refractivity contribution in [3.63, 3.8) is 0 Å². The highest BCUT2D eigenvalue weighted by Crippen LogP contribution is 2.07. The molecule has 0 radical (unpaired) electrons. The molecule has 0 N–H and O–H groups in total. The van der Waals surface area contributed by atoms with Gasteiger partial charge in [-0.2, -0.15) is 0 Å². The molecule has 0 bridgehead atoms. The van der Waals surface area contributed by atoms with E-state index in [1.54, 1.807) is 0 Å². The van der Waals surface area contributed by atoms with Crippen molar-refractivity contribution >= 4 is 17.0 Å². The van der Waals surface area contributed by atoms with Crippen LogP contribution in [0.5, 0.6) is 0 Å². The second-order valence-electron chi connectivity index (χ2n) is 1.76. The van der Waals surface area contributed by atoms with E-state index in [4.69, 9.17) is 0 Å². The van der Waals surface area contributed by atoms with Crippen LogP contribution in [0.25, 0.3) is 0 Å². The highest BCUT2D eigenvalue weighted by molar-refractivity contribution is 8.93. The monoisotopic (exact) mass is 162 g/mol. The van der Waals surface area contributed by atoms with E-state index < -0.39 is 0 Å². The van der Waals surface area contributed by atoms with Crippen LogP contribution in [-0.2, 0) is 0 Å². The summed E-state index contributed by atoms with van der Waals surface area (Å²) in [6, 6.07) is 0. The van der Waals surface area contributed by atoms with Gasteiger partial charge in [-0.25, -0.2) is 0 Å². The van der Waals surface area contributed by atoms with Crippen molar-refractivity contribution in [2.45, 2.75) is 25.7 Å². The van der Waals surface area contributed by atoms with E-state index in [-0.39, 0.29) is 17.0 Å². The van der Waals surface area contributed by atoms with Crippen molar-refractivity contribution in [1.82, 2.24) is 0 Å². The maximum absolute atomic E-state index is 2.27. The highest BCUT2D eigenvalue weighted by atomic mass is 79.9. The Morgan fingerprint density at radius 2 is 1.29 bits per heavy atom. The molecular weight excluding hydrogens is 152 g/mol. The van der Waals surface area contributed by atoms with Crippen LogP contribution in [0.1, 0.15) is 25.7 Å². The average Bonchev–Trinajstić information content (AvgIpc) is 1.72. The zero-order valence-corrected chi connectivity index (χ0v) is 6.10. The molecule has 7 heavy (non-hydrogen) atoms. The second kappa shape index (κ2) is 4.38. The third-order valence-electron chi connectivity index (χ3n) is 1.16. The van der Waals surface area contributed by atoms with Crippen molar-refractivity contribution in [3.05, 3.63) is 12.2 Å². The third kappa shape index (κ3) is 2.86. The molecule has 0 saturated carbocycles. The van der Waals surface area contributed by atoms with Gasteiger partial charge < -0.3 is 0 Å². The molecule has 0 aliphatic heterocycles. The van der Waals surface area contributed by atoms with Gasteiger partial charge in [-0.15, -0.1) is 17.0 Å². The minimum Gasteiger partial charge on any atom is -0.114 e. The number of rotatable bonds is 0. The van der Waals surface area contributed by atoms with Crippen LogP contribution in [0, 0.1) is 0 Å². The van der Waals surface area contributed by atoms with Gasteiger partial charge in [0.2, 0.25) is 0 Å². The smallest absolute Gasteiger partial charge is 0.0351 e. The van der Waals surface area contributed by atoms with Gasteiger partial charge in [0.05, 0.1) is 0 Å². The fourth-order valence-corrected chi connectivity index (χ4v) is 0.760. The first-order valence-corrected chi connectivity index (χ1v) is 2.65. The van der Waals surface area contributed by atoms with Crippen LogP contribution in [-0.4, -0.2) is 0 Å². The molecule has 1 aliphatic carbocycles. The first kappa shape index (κ1) is 7.22. The summed E-state index contributed by atoms with van der Waals surface area (Å²) < 4.78 is 0. The van der Waals surface area contributed by atoms with E-state index >= 15 is 0 Å². The van der Waals surface area contributed by atoms with Crippen molar-refractivity contribution in [2.75, 3.05) is 0 Å². The van der Waals surface area contributed by atoms with Crippen molar-refractivity contribution in [1.29, 1.82) is 0 Å². The predicted molar refractivity (Wildman–Crippen MR) is 37.9 cm³/mol. The molecule has 0 unspecified atom stereocenters. The first-order chi connectivity index (χ1) is 3.00. The predicted octanol–water partition coefficient (Wildman–Crippen LogP) is 2.69. The minimum atomic E-state index is 0. The van der Waals surface area contributed by atoms with Gasteiger partial charge in [0, 0.05) is 0 Å². The van der Waals surface area contributed by atoms with E-state index in [1.807, 2.05) is 0 Å². The van der Waals surface area contributed by atoms with Gasteiger partial charge in [-0.1, -0.05) is 12.2 Å². The van der Waals surface area contributed by atoms with Crippen LogP contribution < -0.4 is 0 Å². The Labute approximate surface area is 55.4 Å². The van der Waals surface area contributed by atoms with Crippen molar-refractivity contribution in [2.24, 2.45) is 0 Å². The fourth-order valence-electron chi connectivity index (χ4n) is 0.760. The zero-order chi connectivity index (χ0) is 4.24. The lowest BCUT2D eigenvalue weighted by Gasteiger charge is -1.97. The van der Waals surface area contributed by atoms with Crippen molar-refractivity contribution in [3.8, 4) is 0 Å². The Balaban J connectivity index is 0.000000360. The highest BCUT2D eigenvalue weighted by Gasteiger charge is 1.87. The Kier molecular flexibility index (Phi) is 4.52. The zero-order valence-electron chi connectivity index (χ0n) is 4.39. The summed E-state index contributed by atoms with van der Waals surface area (Å²) in [6.45, 7) is 0. The number of hydrogen-bond acceptors (Lipinski definition) is 0. The van der Waals surface area contributed by atoms with Crippen LogP contribution in [0.2, 0.25) is 0 Å². The normalized spacial score (nSPS) is 18.3. The van der Waals surface area contributed by atoms with Gasteiger partial charge in [-0.3, -0.25) is 0 Å². The summed E-state index contributed by atoms with van der Waals surface area (Å²) in [4.78, 5) is 0. The van der Waals surface area contributed by atoms with E-state index in [0.29, 0.717) is 0 Å². The summed E-state index contributed by atoms with van der Waals surface area (Å²) >= 11 is 0. The van der Waals surface area contributed by atoms with Gasteiger partial charge in [-0.05, 0) is 25.7 Å². The molecule has 0 nitrogen and oxygen atoms in total. The second-order valence-corrected chi connectivity index (χ2v) is 1.76. The largest absolute Gasteiger partial charge is 0.114 e. The molecule has 0 atom stereocenters. The maximum Gasteiger partial charge on any atom is -0.0351 e. The SMILES string of the molecule is Br.C1=CCCCC1. The van der Waals surface area contributed by atoms with Crippen LogP contribution in [0.3, 0.4) is 0 Å². The summed E-state index contributed by atoms with van der Waals surface area (Å²) in [6.07, 6.45) is 10.0. The number of halogens is 1. The summed E-state index contributed by atoms with van der Waals surface area (Å²) in [5.74, 6) is 0. The van der Waals surface area contributed by atoms with E-state index in [0.717, 1.165) is 0 Å². The lowest BCUT2D eigenvalue weighted by atomic mass is 10.1. The summed E-state index contributed by atoms with van der Waals surface area (Å²) in [7, 11) is 0. The van der Waals surface area contributed by atoms with Gasteiger partial charge in [0.25, 0.3) is 0 Å². The van der Waals surface area contributed by atoms with Gasteiger partial charge in [0.15, 0.2) is 0 Å². The lowest BCUT2D eigenvalue weighted by Crippen LogP contribution is -1.77. The molecule has 1 rings (SSSR count). The minimum absolute atomic E-state index is 0. The number of allylic oxidation sites excluding steroid dienone is 2. The molecule has 1 heteroatoms. The Morgan fingerprint density at radius 1 is 0.857 bits per heavy atom. The fraction of sp³-hybridized carbons (Fsp3) is 0.667. The Morgan fingerprint density at radius 3 is 1.43 bits per heavy atom. The number of hydrogen-bond donors (Lipinski definition) is 0. The quantitative estimate of drug-likeness (QED) is 0.481. The molecule has 1 aliphatic rings. The molecule has 42 valence electrons. The molecule has 0 heterocycles. The van der Waals surface area contributed by atoms with Crippen LogP contribution in [0.4, 0.5) is 0 Å². The van der Waals surface area contributed by atoms with E-state index in [9.17, 15) is 0 Å². The van der Waals surface area contributed by atoms with Crippen LogP contribution in [0.15, 0.2) is 12.2 Å². The average molecular weight is 163 g/mol. The molecule has 0 amide bonds. The molecule has 0 saturated heterocycles. The molecule has 0 spiro atoms. The Hall–Kier alpha value is 0.220. The first-order valence-electron chi connectivity index (χ1n) is 2.65. The van der Waals surface area contributed by atoms with Gasteiger partial charge in [0.1, 0.15) is 0 Å². The molecular formula is C6H11Br. The molecule has 0 fully saturated rings. The summed E-state index contributed by atoms with van der Waals surface area (Å²) in [5, 5.41) is 0. The van der Waals surface area contributed by atoms with Gasteiger partial charge >= 0.3 is 0 Å². The van der Waals surface area contributed by atoms with Crippen molar-refractivity contribution < 1.29 is 0 Å². The van der Waals surface area contributed by atoms with Crippen LogP contribution >= 0.6 is 17.0 Å².